The van der Waals surface area contributed by atoms with E-state index in [9.17, 15) is 9.59 Å². The molecular formula is C23H18O5. The lowest BCUT2D eigenvalue weighted by Crippen LogP contribution is -2.16. The number of rotatable bonds is 5. The molecule has 0 unspecified atom stereocenters. The maximum atomic E-state index is 12.4. The molecule has 140 valence electrons. The predicted molar refractivity (Wildman–Crippen MR) is 103 cm³/mol. The second kappa shape index (κ2) is 7.96. The normalized spacial score (nSPS) is 12.3. The highest BCUT2D eigenvalue weighted by Gasteiger charge is 2.14. The van der Waals surface area contributed by atoms with Gasteiger partial charge in [0, 0.05) is 11.1 Å². The Labute approximate surface area is 162 Å². The van der Waals surface area contributed by atoms with E-state index in [0.29, 0.717) is 41.6 Å². The van der Waals surface area contributed by atoms with Gasteiger partial charge in [0.2, 0.25) is 0 Å². The van der Waals surface area contributed by atoms with Crippen molar-refractivity contribution in [3.8, 4) is 17.2 Å². The van der Waals surface area contributed by atoms with E-state index in [1.807, 2.05) is 24.3 Å². The Hall–Kier alpha value is -3.60. The van der Waals surface area contributed by atoms with Crippen LogP contribution in [0.15, 0.2) is 72.8 Å². The summed E-state index contributed by atoms with van der Waals surface area (Å²) in [7, 11) is 0. The number of hydrogen-bond acceptors (Lipinski definition) is 5. The van der Waals surface area contributed by atoms with E-state index in [-0.39, 0.29) is 18.2 Å². The molecule has 28 heavy (non-hydrogen) atoms. The minimum absolute atomic E-state index is 0.0743. The largest absolute Gasteiger partial charge is 0.486 e. The second-order valence-corrected chi connectivity index (χ2v) is 6.35. The van der Waals surface area contributed by atoms with Gasteiger partial charge in [0.15, 0.2) is 17.3 Å². The zero-order valence-corrected chi connectivity index (χ0v) is 15.1. The molecular weight excluding hydrogens is 356 g/mol. The Morgan fingerprint density at radius 3 is 2.21 bits per heavy atom. The highest BCUT2D eigenvalue weighted by molar-refractivity contribution is 6.09. The molecule has 3 aromatic rings. The fourth-order valence-corrected chi connectivity index (χ4v) is 2.96. The first-order valence-electron chi connectivity index (χ1n) is 8.98. The number of ketones is 1. The van der Waals surface area contributed by atoms with E-state index in [1.165, 1.54) is 0 Å². The Morgan fingerprint density at radius 2 is 1.46 bits per heavy atom. The number of carbonyl (C=O) groups is 2. The van der Waals surface area contributed by atoms with Gasteiger partial charge in [-0.25, -0.2) is 0 Å². The van der Waals surface area contributed by atoms with Crippen LogP contribution in [0.2, 0.25) is 0 Å². The monoisotopic (exact) mass is 374 g/mol. The molecule has 0 bridgehead atoms. The molecule has 0 saturated heterocycles. The molecule has 4 rings (SSSR count). The Bertz CT molecular complexity index is 993. The lowest BCUT2D eigenvalue weighted by molar-refractivity contribution is -0.133. The summed E-state index contributed by atoms with van der Waals surface area (Å²) in [5.74, 6) is 1.25. The highest BCUT2D eigenvalue weighted by Crippen LogP contribution is 2.31. The van der Waals surface area contributed by atoms with Crippen molar-refractivity contribution >= 4 is 11.8 Å². The molecule has 5 nitrogen and oxygen atoms in total. The Kier molecular flexibility index (Phi) is 5.06. The van der Waals surface area contributed by atoms with Gasteiger partial charge in [0.25, 0.3) is 0 Å². The van der Waals surface area contributed by atoms with Gasteiger partial charge in [0.05, 0.1) is 6.42 Å². The van der Waals surface area contributed by atoms with Crippen LogP contribution in [-0.4, -0.2) is 25.0 Å². The third kappa shape index (κ3) is 4.04. The Balaban J connectivity index is 1.39. The van der Waals surface area contributed by atoms with Crippen LogP contribution in [0.25, 0.3) is 0 Å². The third-order valence-electron chi connectivity index (χ3n) is 4.34. The molecule has 0 fully saturated rings. The van der Waals surface area contributed by atoms with Gasteiger partial charge in [-0.15, -0.1) is 0 Å². The highest BCUT2D eigenvalue weighted by atomic mass is 16.6. The van der Waals surface area contributed by atoms with Gasteiger partial charge in [-0.05, 0) is 42.0 Å². The molecule has 0 atom stereocenters. The van der Waals surface area contributed by atoms with E-state index < -0.39 is 0 Å². The maximum absolute atomic E-state index is 12.4. The smallest absolute Gasteiger partial charge is 0.315 e. The zero-order valence-electron chi connectivity index (χ0n) is 15.1. The molecule has 0 radical (unpaired) electrons. The van der Waals surface area contributed by atoms with Crippen molar-refractivity contribution in [1.82, 2.24) is 0 Å². The number of benzene rings is 3. The predicted octanol–water partition coefficient (Wildman–Crippen LogP) is 3.84. The van der Waals surface area contributed by atoms with Crippen molar-refractivity contribution in [3.05, 3.63) is 89.5 Å². The summed E-state index contributed by atoms with van der Waals surface area (Å²) >= 11 is 0. The molecule has 0 aromatic heterocycles. The van der Waals surface area contributed by atoms with Crippen LogP contribution < -0.4 is 14.2 Å². The summed E-state index contributed by atoms with van der Waals surface area (Å²) in [5.41, 5.74) is 1.94. The van der Waals surface area contributed by atoms with Crippen LogP contribution in [0, 0.1) is 0 Å². The summed E-state index contributed by atoms with van der Waals surface area (Å²) in [6.45, 7) is 1.02. The van der Waals surface area contributed by atoms with E-state index >= 15 is 0 Å². The number of esters is 1. The molecule has 1 aliphatic heterocycles. The third-order valence-corrected chi connectivity index (χ3v) is 4.34. The number of carbonyl (C=O) groups excluding carboxylic acids is 2. The topological polar surface area (TPSA) is 61.8 Å². The summed E-state index contributed by atoms with van der Waals surface area (Å²) < 4.78 is 16.4. The van der Waals surface area contributed by atoms with Crippen LogP contribution in [-0.2, 0) is 11.2 Å². The molecule has 1 heterocycles. The molecule has 5 heteroatoms. The molecule has 0 saturated carbocycles. The zero-order chi connectivity index (χ0) is 19.3. The van der Waals surface area contributed by atoms with Crippen LogP contribution in [0.4, 0.5) is 0 Å². The number of hydrogen-bond donors (Lipinski definition) is 0. The molecule has 0 aliphatic carbocycles. The standard InChI is InChI=1S/C23H18O5/c24-22(15-16-6-11-20-21(14-16)27-13-12-26-20)28-19-9-7-18(8-10-19)23(25)17-4-2-1-3-5-17/h1-11,14H,12-13,15H2. The van der Waals surface area contributed by atoms with E-state index in [4.69, 9.17) is 14.2 Å². The van der Waals surface area contributed by atoms with E-state index in [1.54, 1.807) is 48.5 Å². The maximum Gasteiger partial charge on any atom is 0.315 e. The molecule has 0 spiro atoms. The molecule has 0 N–H and O–H groups in total. The summed E-state index contributed by atoms with van der Waals surface area (Å²) in [5, 5.41) is 0. The fourth-order valence-electron chi connectivity index (χ4n) is 2.96. The van der Waals surface area contributed by atoms with E-state index in [0.717, 1.165) is 5.56 Å². The fraction of sp³-hybridized carbons (Fsp3) is 0.130. The van der Waals surface area contributed by atoms with Crippen molar-refractivity contribution in [2.75, 3.05) is 13.2 Å². The number of fused-ring (bicyclic) bond motifs is 1. The minimum Gasteiger partial charge on any atom is -0.486 e. The van der Waals surface area contributed by atoms with Crippen molar-refractivity contribution in [1.29, 1.82) is 0 Å². The van der Waals surface area contributed by atoms with Gasteiger partial charge in [0.1, 0.15) is 19.0 Å². The lowest BCUT2D eigenvalue weighted by atomic mass is 10.0. The van der Waals surface area contributed by atoms with Crippen LogP contribution in [0.1, 0.15) is 21.5 Å². The summed E-state index contributed by atoms with van der Waals surface area (Å²) in [6, 6.07) is 21.0. The molecule has 0 amide bonds. The van der Waals surface area contributed by atoms with Crippen molar-refractivity contribution < 1.29 is 23.8 Å². The first-order chi connectivity index (χ1) is 13.7. The molecule has 3 aromatic carbocycles. The average Bonchev–Trinajstić information content (AvgIpc) is 2.74. The SMILES string of the molecule is O=C(Cc1ccc2c(c1)OCCO2)Oc1ccc(C(=O)c2ccccc2)cc1. The van der Waals surface area contributed by atoms with E-state index in [2.05, 4.69) is 0 Å². The minimum atomic E-state index is -0.390. The summed E-state index contributed by atoms with van der Waals surface area (Å²) in [4.78, 5) is 24.6. The first kappa shape index (κ1) is 17.8. The Morgan fingerprint density at radius 1 is 0.786 bits per heavy atom. The van der Waals surface area contributed by atoms with Crippen LogP contribution in [0.3, 0.4) is 0 Å². The van der Waals surface area contributed by atoms with Crippen LogP contribution in [0.5, 0.6) is 17.2 Å². The van der Waals surface area contributed by atoms with Gasteiger partial charge < -0.3 is 14.2 Å². The molecule has 1 aliphatic rings. The van der Waals surface area contributed by atoms with Crippen molar-refractivity contribution in [3.63, 3.8) is 0 Å². The number of ether oxygens (including phenoxy) is 3. The second-order valence-electron chi connectivity index (χ2n) is 6.35. The van der Waals surface area contributed by atoms with Gasteiger partial charge in [-0.3, -0.25) is 9.59 Å². The van der Waals surface area contributed by atoms with Gasteiger partial charge in [-0.2, -0.15) is 0 Å². The van der Waals surface area contributed by atoms with Crippen molar-refractivity contribution in [2.24, 2.45) is 0 Å². The van der Waals surface area contributed by atoms with Crippen molar-refractivity contribution in [2.45, 2.75) is 6.42 Å². The summed E-state index contributed by atoms with van der Waals surface area (Å²) in [6.07, 6.45) is 0.112. The first-order valence-corrected chi connectivity index (χ1v) is 8.98. The lowest BCUT2D eigenvalue weighted by Gasteiger charge is -2.18. The van der Waals surface area contributed by atoms with Crippen LogP contribution >= 0.6 is 0 Å². The quantitative estimate of drug-likeness (QED) is 0.386. The average molecular weight is 374 g/mol. The van der Waals surface area contributed by atoms with Gasteiger partial charge in [-0.1, -0.05) is 36.4 Å². The van der Waals surface area contributed by atoms with Gasteiger partial charge >= 0.3 is 5.97 Å².